The zero-order chi connectivity index (χ0) is 13.1. The molecule has 0 radical (unpaired) electrons. The third-order valence-electron chi connectivity index (χ3n) is 2.95. The van der Waals surface area contributed by atoms with Gasteiger partial charge in [0.2, 0.25) is 6.79 Å². The zero-order valence-electron chi connectivity index (χ0n) is 10.7. The van der Waals surface area contributed by atoms with Gasteiger partial charge in [0, 0.05) is 19.2 Å². The lowest BCUT2D eigenvalue weighted by molar-refractivity contribution is 0.0777. The fourth-order valence-corrected chi connectivity index (χ4v) is 1.87. The van der Waals surface area contributed by atoms with Crippen LogP contribution in [-0.4, -0.2) is 37.7 Å². The molecule has 2 rings (SSSR count). The Morgan fingerprint density at radius 2 is 2.17 bits per heavy atom. The van der Waals surface area contributed by atoms with E-state index < -0.39 is 0 Å². The first-order valence-electron chi connectivity index (χ1n) is 5.97. The van der Waals surface area contributed by atoms with E-state index in [1.807, 2.05) is 6.92 Å². The number of fused-ring (bicyclic) bond motifs is 1. The van der Waals surface area contributed by atoms with Crippen molar-refractivity contribution in [2.45, 2.75) is 6.92 Å². The van der Waals surface area contributed by atoms with Gasteiger partial charge in [0.1, 0.15) is 0 Å². The first-order chi connectivity index (χ1) is 8.61. The Kier molecular flexibility index (Phi) is 3.72. The summed E-state index contributed by atoms with van der Waals surface area (Å²) in [6.45, 7) is 3.44. The number of rotatable bonds is 4. The van der Waals surface area contributed by atoms with Gasteiger partial charge in [0.25, 0.3) is 5.91 Å². The van der Waals surface area contributed by atoms with Crippen molar-refractivity contribution in [3.63, 3.8) is 0 Å². The minimum atomic E-state index is -0.0337. The number of ether oxygens (including phenoxy) is 2. The van der Waals surface area contributed by atoms with E-state index in [4.69, 9.17) is 15.2 Å². The molecule has 0 spiro atoms. The minimum absolute atomic E-state index is 0.0337. The molecule has 18 heavy (non-hydrogen) atoms. The molecule has 1 aliphatic rings. The highest BCUT2D eigenvalue weighted by atomic mass is 16.7. The lowest BCUT2D eigenvalue weighted by Gasteiger charge is -2.20. The van der Waals surface area contributed by atoms with Gasteiger partial charge in [-0.05, 0) is 30.7 Å². The quantitative estimate of drug-likeness (QED) is 0.868. The van der Waals surface area contributed by atoms with Crippen LogP contribution in [0.5, 0.6) is 11.5 Å². The summed E-state index contributed by atoms with van der Waals surface area (Å²) in [5.41, 5.74) is 6.16. The summed E-state index contributed by atoms with van der Waals surface area (Å²) < 4.78 is 10.5. The second-order valence-corrected chi connectivity index (χ2v) is 4.59. The van der Waals surface area contributed by atoms with Crippen molar-refractivity contribution in [2.75, 3.05) is 26.9 Å². The van der Waals surface area contributed by atoms with Crippen LogP contribution < -0.4 is 15.2 Å². The SMILES string of the molecule is CC(CN)CN(C)C(=O)c1ccc2c(c1)OCO2. The summed E-state index contributed by atoms with van der Waals surface area (Å²) in [6, 6.07) is 5.23. The lowest BCUT2D eigenvalue weighted by Crippen LogP contribution is -2.33. The number of benzene rings is 1. The van der Waals surface area contributed by atoms with Crippen LogP contribution in [0.3, 0.4) is 0 Å². The van der Waals surface area contributed by atoms with Crippen LogP contribution in [0.1, 0.15) is 17.3 Å². The van der Waals surface area contributed by atoms with Gasteiger partial charge < -0.3 is 20.1 Å². The topological polar surface area (TPSA) is 64.8 Å². The monoisotopic (exact) mass is 250 g/mol. The maximum absolute atomic E-state index is 12.2. The Bertz CT molecular complexity index is 448. The molecule has 0 aromatic heterocycles. The number of nitrogens with zero attached hydrogens (tertiary/aromatic N) is 1. The molecule has 1 atom stereocenters. The van der Waals surface area contributed by atoms with Crippen molar-refractivity contribution >= 4 is 5.91 Å². The molecule has 1 aromatic rings. The maximum atomic E-state index is 12.2. The van der Waals surface area contributed by atoms with E-state index in [-0.39, 0.29) is 18.6 Å². The molecule has 0 saturated heterocycles. The van der Waals surface area contributed by atoms with Gasteiger partial charge in [-0.15, -0.1) is 0 Å². The Balaban J connectivity index is 2.09. The van der Waals surface area contributed by atoms with Gasteiger partial charge in [-0.3, -0.25) is 4.79 Å². The van der Waals surface area contributed by atoms with Crippen LogP contribution in [0, 0.1) is 5.92 Å². The second kappa shape index (κ2) is 5.27. The minimum Gasteiger partial charge on any atom is -0.454 e. The second-order valence-electron chi connectivity index (χ2n) is 4.59. The molecule has 0 aliphatic carbocycles. The summed E-state index contributed by atoms with van der Waals surface area (Å²) in [6.07, 6.45) is 0. The maximum Gasteiger partial charge on any atom is 0.253 e. The van der Waals surface area contributed by atoms with E-state index in [1.54, 1.807) is 30.1 Å². The van der Waals surface area contributed by atoms with Crippen molar-refractivity contribution in [3.05, 3.63) is 23.8 Å². The number of nitrogens with two attached hydrogens (primary N) is 1. The predicted octanol–water partition coefficient (Wildman–Crippen LogP) is 1.08. The molecule has 5 nitrogen and oxygen atoms in total. The highest BCUT2D eigenvalue weighted by Gasteiger charge is 2.19. The lowest BCUT2D eigenvalue weighted by atomic mass is 10.1. The molecule has 1 amide bonds. The van der Waals surface area contributed by atoms with Crippen molar-refractivity contribution in [2.24, 2.45) is 11.7 Å². The fraction of sp³-hybridized carbons (Fsp3) is 0.462. The van der Waals surface area contributed by atoms with Gasteiger partial charge in [-0.2, -0.15) is 0 Å². The summed E-state index contributed by atoms with van der Waals surface area (Å²) in [7, 11) is 1.78. The number of hydrogen-bond acceptors (Lipinski definition) is 4. The largest absolute Gasteiger partial charge is 0.454 e. The van der Waals surface area contributed by atoms with E-state index in [2.05, 4.69) is 0 Å². The average molecular weight is 250 g/mol. The standard InChI is InChI=1S/C13H18N2O3/c1-9(6-14)7-15(2)13(16)10-3-4-11-12(5-10)18-8-17-11/h3-5,9H,6-8,14H2,1-2H3. The summed E-state index contributed by atoms with van der Waals surface area (Å²) in [4.78, 5) is 13.9. The molecule has 1 unspecified atom stereocenters. The van der Waals surface area contributed by atoms with Crippen molar-refractivity contribution in [1.29, 1.82) is 0 Å². The van der Waals surface area contributed by atoms with Gasteiger partial charge in [0.05, 0.1) is 0 Å². The van der Waals surface area contributed by atoms with Crippen LogP contribution in [0.15, 0.2) is 18.2 Å². The predicted molar refractivity (Wildman–Crippen MR) is 67.7 cm³/mol. The zero-order valence-corrected chi connectivity index (χ0v) is 10.7. The van der Waals surface area contributed by atoms with Crippen LogP contribution in [0.2, 0.25) is 0 Å². The van der Waals surface area contributed by atoms with Crippen molar-refractivity contribution in [1.82, 2.24) is 4.90 Å². The summed E-state index contributed by atoms with van der Waals surface area (Å²) >= 11 is 0. The molecular formula is C13H18N2O3. The third kappa shape index (κ3) is 2.56. The highest BCUT2D eigenvalue weighted by Crippen LogP contribution is 2.32. The van der Waals surface area contributed by atoms with E-state index in [1.165, 1.54) is 0 Å². The Morgan fingerprint density at radius 3 is 2.89 bits per heavy atom. The van der Waals surface area contributed by atoms with Crippen LogP contribution in [-0.2, 0) is 0 Å². The molecule has 98 valence electrons. The normalized spacial score (nSPS) is 14.4. The molecule has 1 heterocycles. The van der Waals surface area contributed by atoms with E-state index >= 15 is 0 Å². The van der Waals surface area contributed by atoms with Gasteiger partial charge in [-0.1, -0.05) is 6.92 Å². The van der Waals surface area contributed by atoms with Crippen molar-refractivity contribution in [3.8, 4) is 11.5 Å². The fourth-order valence-electron chi connectivity index (χ4n) is 1.87. The third-order valence-corrected chi connectivity index (χ3v) is 2.95. The average Bonchev–Trinajstić information content (AvgIpc) is 2.84. The Labute approximate surface area is 106 Å². The van der Waals surface area contributed by atoms with E-state index in [0.29, 0.717) is 30.2 Å². The Hall–Kier alpha value is -1.75. The first kappa shape index (κ1) is 12.7. The van der Waals surface area contributed by atoms with Gasteiger partial charge in [-0.25, -0.2) is 0 Å². The number of amides is 1. The molecule has 2 N–H and O–H groups in total. The van der Waals surface area contributed by atoms with Gasteiger partial charge >= 0.3 is 0 Å². The number of carbonyl (C=O) groups excluding carboxylic acids is 1. The highest BCUT2D eigenvalue weighted by molar-refractivity contribution is 5.94. The molecule has 0 saturated carbocycles. The molecule has 0 bridgehead atoms. The molecule has 1 aromatic carbocycles. The summed E-state index contributed by atoms with van der Waals surface area (Å²) in [5, 5.41) is 0. The molecule has 0 fully saturated rings. The van der Waals surface area contributed by atoms with Crippen molar-refractivity contribution < 1.29 is 14.3 Å². The smallest absolute Gasteiger partial charge is 0.253 e. The molecule has 5 heteroatoms. The number of hydrogen-bond donors (Lipinski definition) is 1. The van der Waals surface area contributed by atoms with Crippen LogP contribution >= 0.6 is 0 Å². The van der Waals surface area contributed by atoms with Gasteiger partial charge in [0.15, 0.2) is 11.5 Å². The van der Waals surface area contributed by atoms with Crippen LogP contribution in [0.4, 0.5) is 0 Å². The Morgan fingerprint density at radius 1 is 1.44 bits per heavy atom. The first-order valence-corrected chi connectivity index (χ1v) is 5.97. The van der Waals surface area contributed by atoms with E-state index in [9.17, 15) is 4.79 Å². The summed E-state index contributed by atoms with van der Waals surface area (Å²) in [5.74, 6) is 1.56. The number of carbonyl (C=O) groups is 1. The van der Waals surface area contributed by atoms with E-state index in [0.717, 1.165) is 0 Å². The van der Waals surface area contributed by atoms with Crippen LogP contribution in [0.25, 0.3) is 0 Å². The molecular weight excluding hydrogens is 232 g/mol. The molecule has 1 aliphatic heterocycles.